The van der Waals surface area contributed by atoms with Crippen molar-refractivity contribution < 1.29 is 9.90 Å². The van der Waals surface area contributed by atoms with Crippen molar-refractivity contribution >= 4 is 45.9 Å². The second-order valence-corrected chi connectivity index (χ2v) is 11.4. The molecule has 0 aliphatic carbocycles. The number of nitrogens with two attached hydrogens (primary N) is 4. The molecule has 11 N–H and O–H groups in total. The number of phenolic OH excluding ortho intramolecular Hbond substituents is 1. The van der Waals surface area contributed by atoms with Crippen LogP contribution in [-0.2, 0) is 0 Å². The first-order valence-corrected chi connectivity index (χ1v) is 14.4. The van der Waals surface area contributed by atoms with E-state index in [0.29, 0.717) is 60.8 Å². The Kier molecular flexibility index (Phi) is 7.95. The number of hydrogen-bond donors (Lipinski definition) is 7. The number of carbonyl (C=O) groups excluding carboxylic acids is 1. The number of rotatable bonds is 6. The fourth-order valence-electron chi connectivity index (χ4n) is 5.78. The van der Waals surface area contributed by atoms with E-state index in [9.17, 15) is 9.90 Å². The highest BCUT2D eigenvalue weighted by Gasteiger charge is 2.29. The van der Waals surface area contributed by atoms with Crippen molar-refractivity contribution in [1.82, 2.24) is 15.0 Å². The number of carbonyl (C=O) groups is 1. The molecule has 43 heavy (non-hydrogen) atoms. The highest BCUT2D eigenvalue weighted by atomic mass is 16.3. The average Bonchev–Trinajstić information content (AvgIpc) is 2.97. The lowest BCUT2D eigenvalue weighted by Gasteiger charge is -2.37. The van der Waals surface area contributed by atoms with Gasteiger partial charge in [-0.25, -0.2) is 0 Å². The lowest BCUT2D eigenvalue weighted by atomic mass is 10.0. The van der Waals surface area contributed by atoms with Gasteiger partial charge in [-0.2, -0.15) is 15.0 Å². The number of fused-ring (bicyclic) bond motifs is 1. The van der Waals surface area contributed by atoms with Gasteiger partial charge in [-0.15, -0.1) is 0 Å². The van der Waals surface area contributed by atoms with Gasteiger partial charge in [0.25, 0.3) is 5.91 Å². The summed E-state index contributed by atoms with van der Waals surface area (Å²) < 4.78 is 0. The van der Waals surface area contributed by atoms with E-state index in [2.05, 4.69) is 10.6 Å². The number of aromatic nitrogens is 3. The molecule has 13 heteroatoms. The molecule has 2 saturated heterocycles. The van der Waals surface area contributed by atoms with Gasteiger partial charge in [0, 0.05) is 67.1 Å². The summed E-state index contributed by atoms with van der Waals surface area (Å²) in [6.07, 6.45) is 1.47. The molecule has 0 unspecified atom stereocenters. The Morgan fingerprint density at radius 2 is 1.26 bits per heavy atom. The van der Waals surface area contributed by atoms with Gasteiger partial charge in [-0.3, -0.25) is 4.79 Å². The van der Waals surface area contributed by atoms with Crippen LogP contribution in [0.2, 0.25) is 0 Å². The maximum Gasteiger partial charge on any atom is 0.259 e. The smallest absolute Gasteiger partial charge is 0.259 e. The first kappa shape index (κ1) is 28.6. The van der Waals surface area contributed by atoms with Crippen molar-refractivity contribution in [3.8, 4) is 5.75 Å². The van der Waals surface area contributed by atoms with Crippen LogP contribution in [0.5, 0.6) is 5.75 Å². The predicted molar refractivity (Wildman–Crippen MR) is 169 cm³/mol. The minimum absolute atomic E-state index is 0.0541. The first-order valence-electron chi connectivity index (χ1n) is 14.4. The van der Waals surface area contributed by atoms with E-state index in [1.807, 2.05) is 34.1 Å². The van der Waals surface area contributed by atoms with Crippen molar-refractivity contribution in [3.63, 3.8) is 0 Å². The summed E-state index contributed by atoms with van der Waals surface area (Å²) in [7, 11) is 0. The Morgan fingerprint density at radius 3 is 1.84 bits per heavy atom. The summed E-state index contributed by atoms with van der Waals surface area (Å²) in [6.45, 7) is 2.32. The average molecular weight is 584 g/mol. The molecule has 3 aromatic carbocycles. The zero-order valence-electron chi connectivity index (χ0n) is 23.7. The van der Waals surface area contributed by atoms with Gasteiger partial charge in [0.05, 0.1) is 5.56 Å². The van der Waals surface area contributed by atoms with Gasteiger partial charge < -0.3 is 48.5 Å². The highest BCUT2D eigenvalue weighted by Crippen LogP contribution is 2.30. The number of aromatic hydroxyl groups is 1. The molecule has 0 radical (unpaired) electrons. The van der Waals surface area contributed by atoms with Crippen LogP contribution < -0.4 is 43.4 Å². The number of anilines is 5. The monoisotopic (exact) mass is 583 g/mol. The van der Waals surface area contributed by atoms with E-state index >= 15 is 0 Å². The van der Waals surface area contributed by atoms with Crippen molar-refractivity contribution in [2.75, 3.05) is 46.6 Å². The topological polar surface area (TPSA) is 211 Å². The Balaban J connectivity index is 1.22. The van der Waals surface area contributed by atoms with Gasteiger partial charge in [0.15, 0.2) is 0 Å². The third kappa shape index (κ3) is 6.44. The molecule has 4 aromatic rings. The van der Waals surface area contributed by atoms with Gasteiger partial charge in [0.1, 0.15) is 5.75 Å². The highest BCUT2D eigenvalue weighted by molar-refractivity contribution is 6.09. The van der Waals surface area contributed by atoms with E-state index in [-0.39, 0.29) is 35.5 Å². The summed E-state index contributed by atoms with van der Waals surface area (Å²) in [6, 6.07) is 17.6. The predicted octanol–water partition coefficient (Wildman–Crippen LogP) is 1.46. The lowest BCUT2D eigenvalue weighted by molar-refractivity contribution is 0.102. The fraction of sp³-hybridized carbons (Fsp3) is 0.333. The molecule has 3 heterocycles. The number of phenols is 1. The molecule has 4 atom stereocenters. The Hall–Kier alpha value is -4.56. The zero-order valence-corrected chi connectivity index (χ0v) is 23.7. The molecule has 0 spiro atoms. The zero-order chi connectivity index (χ0) is 30.1. The van der Waals surface area contributed by atoms with Gasteiger partial charge in [-0.05, 0) is 48.6 Å². The second-order valence-electron chi connectivity index (χ2n) is 11.4. The normalized spacial score (nSPS) is 22.4. The second kappa shape index (κ2) is 12.0. The van der Waals surface area contributed by atoms with E-state index in [4.69, 9.17) is 37.9 Å². The molecule has 1 aromatic heterocycles. The minimum atomic E-state index is -0.411. The lowest BCUT2D eigenvalue weighted by Crippen LogP contribution is -2.54. The SMILES string of the molecule is N[C@@H]1C[C@H](N)CN(c2nc(Nc3ccc(NC(=O)c4ccc5ccccc5c4O)cc3)nc(N3C[C@H](N)C[C@H](N)C3)n2)C1. The Morgan fingerprint density at radius 1 is 0.721 bits per heavy atom. The number of amides is 1. The third-order valence-electron chi connectivity index (χ3n) is 7.75. The first-order chi connectivity index (χ1) is 20.7. The van der Waals surface area contributed by atoms with Crippen LogP contribution in [0.4, 0.5) is 29.2 Å². The molecule has 2 aliphatic rings. The van der Waals surface area contributed by atoms with Crippen LogP contribution in [0.3, 0.4) is 0 Å². The van der Waals surface area contributed by atoms with E-state index in [0.717, 1.165) is 18.2 Å². The van der Waals surface area contributed by atoms with Crippen molar-refractivity contribution in [2.24, 2.45) is 22.9 Å². The van der Waals surface area contributed by atoms with Crippen LogP contribution in [-0.4, -0.2) is 76.3 Å². The summed E-state index contributed by atoms with van der Waals surface area (Å²) >= 11 is 0. The minimum Gasteiger partial charge on any atom is -0.506 e. The molecule has 6 rings (SSSR count). The van der Waals surface area contributed by atoms with Crippen LogP contribution >= 0.6 is 0 Å². The Bertz CT molecular complexity index is 1550. The molecule has 1 amide bonds. The quantitative estimate of drug-likeness (QED) is 0.172. The number of hydrogen-bond acceptors (Lipinski definition) is 12. The largest absolute Gasteiger partial charge is 0.506 e. The van der Waals surface area contributed by atoms with Gasteiger partial charge in [-0.1, -0.05) is 30.3 Å². The molecule has 0 saturated carbocycles. The van der Waals surface area contributed by atoms with Gasteiger partial charge in [0.2, 0.25) is 17.8 Å². The van der Waals surface area contributed by atoms with Crippen LogP contribution in [0, 0.1) is 0 Å². The summed E-state index contributed by atoms with van der Waals surface area (Å²) in [5, 5.41) is 18.2. The number of piperidine rings is 2. The molecule has 13 nitrogen and oxygen atoms in total. The molecular weight excluding hydrogens is 546 g/mol. The number of nitrogens with zero attached hydrogens (tertiary/aromatic N) is 5. The van der Waals surface area contributed by atoms with E-state index < -0.39 is 5.91 Å². The molecule has 224 valence electrons. The summed E-state index contributed by atoms with van der Waals surface area (Å²) in [5.74, 6) is 0.835. The molecule has 2 aliphatic heterocycles. The Labute approximate surface area is 249 Å². The standard InChI is InChI=1S/C30H37N11O2/c31-18-11-19(32)14-40(13-18)29-37-28(38-30(39-29)41-15-20(33)12-21(34)16-41)36-23-8-6-22(7-9-23)35-27(43)25-10-5-17-3-1-2-4-24(17)26(25)42/h1-10,18-21,42H,11-16,31-34H2,(H,35,43)(H,36,37,38,39)/t18-,19+,20-,21+. The van der Waals surface area contributed by atoms with E-state index in [1.54, 1.807) is 36.4 Å². The number of benzene rings is 3. The van der Waals surface area contributed by atoms with Crippen LogP contribution in [0.1, 0.15) is 23.2 Å². The van der Waals surface area contributed by atoms with Crippen molar-refractivity contribution in [2.45, 2.75) is 37.0 Å². The molecular formula is C30H37N11O2. The van der Waals surface area contributed by atoms with Crippen LogP contribution in [0.25, 0.3) is 10.8 Å². The number of nitrogens with one attached hydrogen (secondary N) is 2. The van der Waals surface area contributed by atoms with Crippen LogP contribution in [0.15, 0.2) is 60.7 Å². The molecule has 2 fully saturated rings. The maximum atomic E-state index is 13.0. The molecule has 0 bridgehead atoms. The maximum absolute atomic E-state index is 13.0. The van der Waals surface area contributed by atoms with Crippen molar-refractivity contribution in [1.29, 1.82) is 0 Å². The van der Waals surface area contributed by atoms with Crippen molar-refractivity contribution in [3.05, 3.63) is 66.2 Å². The fourth-order valence-corrected chi connectivity index (χ4v) is 5.78. The third-order valence-corrected chi connectivity index (χ3v) is 7.75. The summed E-state index contributed by atoms with van der Waals surface area (Å²) in [4.78, 5) is 31.1. The van der Waals surface area contributed by atoms with Gasteiger partial charge >= 0.3 is 0 Å². The summed E-state index contributed by atoms with van der Waals surface area (Å²) in [5.41, 5.74) is 26.5. The van der Waals surface area contributed by atoms with E-state index in [1.165, 1.54) is 0 Å².